The molecule has 9 heteroatoms. The molecule has 2 amide bonds. The number of rotatable bonds is 9. The van der Waals surface area contributed by atoms with Crippen molar-refractivity contribution < 1.29 is 23.9 Å². The van der Waals surface area contributed by atoms with Crippen molar-refractivity contribution >= 4 is 46.9 Å². The number of carbonyl (C=O) groups is 3. The predicted molar refractivity (Wildman–Crippen MR) is 130 cm³/mol. The van der Waals surface area contributed by atoms with Crippen molar-refractivity contribution in [3.8, 4) is 0 Å². The summed E-state index contributed by atoms with van der Waals surface area (Å²) in [6, 6.07) is 21.7. The Labute approximate surface area is 207 Å². The van der Waals surface area contributed by atoms with Crippen molar-refractivity contribution in [3.05, 3.63) is 100 Å². The standard InChI is InChI=1S/C25H22Cl2N2O5/c26-19-11-12-20(27)21(14-19)28-23(30)16-33-24(31)22(13-17-7-3-1-4-8-17)29-25(32)34-15-18-9-5-2-6-10-18/h1-12,14,22H,13,15-16H2,(H,28,30)(H,29,32). The van der Waals surface area contributed by atoms with Crippen LogP contribution in [0.15, 0.2) is 78.9 Å². The zero-order valence-electron chi connectivity index (χ0n) is 18.0. The summed E-state index contributed by atoms with van der Waals surface area (Å²) in [5, 5.41) is 5.72. The van der Waals surface area contributed by atoms with E-state index >= 15 is 0 Å². The minimum atomic E-state index is -1.06. The monoisotopic (exact) mass is 500 g/mol. The number of amides is 2. The van der Waals surface area contributed by atoms with Crippen LogP contribution in [-0.4, -0.2) is 30.6 Å². The van der Waals surface area contributed by atoms with Crippen LogP contribution in [0, 0.1) is 0 Å². The maximum atomic E-state index is 12.7. The lowest BCUT2D eigenvalue weighted by atomic mass is 10.1. The molecule has 3 aromatic carbocycles. The Kier molecular flexibility index (Phi) is 9.31. The maximum absolute atomic E-state index is 12.7. The van der Waals surface area contributed by atoms with Crippen molar-refractivity contribution in [2.24, 2.45) is 0 Å². The zero-order chi connectivity index (χ0) is 24.3. The van der Waals surface area contributed by atoms with Crippen LogP contribution in [0.25, 0.3) is 0 Å². The summed E-state index contributed by atoms with van der Waals surface area (Å²) in [7, 11) is 0. The summed E-state index contributed by atoms with van der Waals surface area (Å²) < 4.78 is 10.4. The van der Waals surface area contributed by atoms with Crippen molar-refractivity contribution in [2.45, 2.75) is 19.1 Å². The molecule has 0 saturated carbocycles. The maximum Gasteiger partial charge on any atom is 0.408 e. The third kappa shape index (κ3) is 8.10. The van der Waals surface area contributed by atoms with Gasteiger partial charge in [0.2, 0.25) is 0 Å². The van der Waals surface area contributed by atoms with Crippen LogP contribution < -0.4 is 10.6 Å². The van der Waals surface area contributed by atoms with Gasteiger partial charge < -0.3 is 20.1 Å². The molecule has 176 valence electrons. The van der Waals surface area contributed by atoms with Crippen LogP contribution in [0.1, 0.15) is 11.1 Å². The molecule has 7 nitrogen and oxygen atoms in total. The topological polar surface area (TPSA) is 93.7 Å². The molecule has 0 aliphatic rings. The molecule has 2 N–H and O–H groups in total. The fourth-order valence-electron chi connectivity index (χ4n) is 2.97. The van der Waals surface area contributed by atoms with Crippen molar-refractivity contribution in [1.29, 1.82) is 0 Å². The number of ether oxygens (including phenoxy) is 2. The minimum absolute atomic E-state index is 0.0442. The highest BCUT2D eigenvalue weighted by molar-refractivity contribution is 6.35. The van der Waals surface area contributed by atoms with Crippen molar-refractivity contribution in [3.63, 3.8) is 0 Å². The van der Waals surface area contributed by atoms with Crippen molar-refractivity contribution in [1.82, 2.24) is 5.32 Å². The Bertz CT molecular complexity index is 1130. The first-order chi connectivity index (χ1) is 16.4. The minimum Gasteiger partial charge on any atom is -0.454 e. The van der Waals surface area contributed by atoms with Crippen LogP contribution >= 0.6 is 23.2 Å². The van der Waals surface area contributed by atoms with E-state index in [0.29, 0.717) is 10.7 Å². The van der Waals surface area contributed by atoms with Gasteiger partial charge in [0.15, 0.2) is 6.61 Å². The van der Waals surface area contributed by atoms with Crippen molar-refractivity contribution in [2.75, 3.05) is 11.9 Å². The van der Waals surface area contributed by atoms with Gasteiger partial charge in [-0.15, -0.1) is 0 Å². The molecule has 0 fully saturated rings. The number of hydrogen-bond donors (Lipinski definition) is 2. The van der Waals surface area contributed by atoms with Gasteiger partial charge in [-0.25, -0.2) is 9.59 Å². The Morgan fingerprint density at radius 2 is 1.47 bits per heavy atom. The number of nitrogens with one attached hydrogen (secondary N) is 2. The van der Waals surface area contributed by atoms with Gasteiger partial charge in [-0.05, 0) is 29.3 Å². The van der Waals surface area contributed by atoms with E-state index in [0.717, 1.165) is 11.1 Å². The lowest BCUT2D eigenvalue weighted by Gasteiger charge is -2.18. The Hall–Kier alpha value is -3.55. The molecule has 0 aliphatic carbocycles. The summed E-state index contributed by atoms with van der Waals surface area (Å²) in [6.07, 6.45) is -0.626. The van der Waals surface area contributed by atoms with Gasteiger partial charge in [-0.3, -0.25) is 4.79 Å². The fraction of sp³-hybridized carbons (Fsp3) is 0.160. The third-order valence-electron chi connectivity index (χ3n) is 4.62. The van der Waals surface area contributed by atoms with E-state index in [9.17, 15) is 14.4 Å². The van der Waals surface area contributed by atoms with Crippen LogP contribution in [0.2, 0.25) is 10.0 Å². The highest BCUT2D eigenvalue weighted by Gasteiger charge is 2.24. The number of carbonyl (C=O) groups excluding carboxylic acids is 3. The predicted octanol–water partition coefficient (Wildman–Crippen LogP) is 5.01. The van der Waals surface area contributed by atoms with E-state index in [1.165, 1.54) is 12.1 Å². The molecule has 0 aliphatic heterocycles. The lowest BCUT2D eigenvalue weighted by molar-refractivity contribution is -0.149. The largest absolute Gasteiger partial charge is 0.454 e. The molecule has 0 spiro atoms. The van der Waals surface area contributed by atoms with E-state index in [1.54, 1.807) is 6.07 Å². The average molecular weight is 501 g/mol. The van der Waals surface area contributed by atoms with Gasteiger partial charge in [0, 0.05) is 11.4 Å². The second kappa shape index (κ2) is 12.6. The summed E-state index contributed by atoms with van der Waals surface area (Å²) in [6.45, 7) is -0.531. The van der Waals surface area contributed by atoms with E-state index in [-0.39, 0.29) is 18.1 Å². The Morgan fingerprint density at radius 1 is 0.824 bits per heavy atom. The van der Waals surface area contributed by atoms with Gasteiger partial charge >= 0.3 is 12.1 Å². The first kappa shape index (κ1) is 25.1. The molecule has 0 radical (unpaired) electrons. The van der Waals surface area contributed by atoms with Gasteiger partial charge in [-0.1, -0.05) is 83.9 Å². The lowest BCUT2D eigenvalue weighted by Crippen LogP contribution is -2.44. The smallest absolute Gasteiger partial charge is 0.408 e. The first-order valence-electron chi connectivity index (χ1n) is 10.3. The molecule has 0 saturated heterocycles. The molecular formula is C25H22Cl2N2O5. The fourth-order valence-corrected chi connectivity index (χ4v) is 3.30. The molecule has 0 heterocycles. The highest BCUT2D eigenvalue weighted by atomic mass is 35.5. The number of anilines is 1. The number of hydrogen-bond acceptors (Lipinski definition) is 5. The number of halogens is 2. The van der Waals surface area contributed by atoms with E-state index in [1.807, 2.05) is 60.7 Å². The second-order valence-electron chi connectivity index (χ2n) is 7.23. The molecule has 1 unspecified atom stereocenters. The Balaban J connectivity index is 1.58. The first-order valence-corrected chi connectivity index (χ1v) is 11.1. The van der Waals surface area contributed by atoms with Gasteiger partial charge in [0.05, 0.1) is 10.7 Å². The van der Waals surface area contributed by atoms with Crippen LogP contribution in [-0.2, 0) is 32.1 Å². The zero-order valence-corrected chi connectivity index (χ0v) is 19.5. The Morgan fingerprint density at radius 3 is 2.15 bits per heavy atom. The normalized spacial score (nSPS) is 11.2. The summed E-state index contributed by atoms with van der Waals surface area (Å²) in [5.41, 5.74) is 1.89. The second-order valence-corrected chi connectivity index (χ2v) is 8.07. The third-order valence-corrected chi connectivity index (χ3v) is 5.18. The highest BCUT2D eigenvalue weighted by Crippen LogP contribution is 2.25. The summed E-state index contributed by atoms with van der Waals surface area (Å²) >= 11 is 11.9. The molecule has 1 atom stereocenters. The van der Waals surface area contributed by atoms with E-state index < -0.39 is 30.6 Å². The van der Waals surface area contributed by atoms with Gasteiger partial charge in [-0.2, -0.15) is 0 Å². The SMILES string of the molecule is O=C(COC(=O)C(Cc1ccccc1)NC(=O)OCc1ccccc1)Nc1cc(Cl)ccc1Cl. The van der Waals surface area contributed by atoms with Crippen LogP contribution in [0.5, 0.6) is 0 Å². The molecular weight excluding hydrogens is 479 g/mol. The van der Waals surface area contributed by atoms with Crippen LogP contribution in [0.3, 0.4) is 0 Å². The molecule has 0 aromatic heterocycles. The number of alkyl carbamates (subject to hydrolysis) is 1. The summed E-state index contributed by atoms with van der Waals surface area (Å²) in [5.74, 6) is -1.39. The molecule has 3 aromatic rings. The van der Waals surface area contributed by atoms with Gasteiger partial charge in [0.1, 0.15) is 12.6 Å². The average Bonchev–Trinajstić information content (AvgIpc) is 2.84. The van der Waals surface area contributed by atoms with E-state index in [4.69, 9.17) is 32.7 Å². The molecule has 0 bridgehead atoms. The summed E-state index contributed by atoms with van der Waals surface area (Å²) in [4.78, 5) is 37.3. The number of benzene rings is 3. The molecule has 3 rings (SSSR count). The molecule has 34 heavy (non-hydrogen) atoms. The number of esters is 1. The van der Waals surface area contributed by atoms with Gasteiger partial charge in [0.25, 0.3) is 5.91 Å². The quantitative estimate of drug-likeness (QED) is 0.402. The van der Waals surface area contributed by atoms with Crippen LogP contribution in [0.4, 0.5) is 10.5 Å². The van der Waals surface area contributed by atoms with E-state index in [2.05, 4.69) is 10.6 Å².